The summed E-state index contributed by atoms with van der Waals surface area (Å²) in [5, 5.41) is 0. The third kappa shape index (κ3) is 12.3. The first-order chi connectivity index (χ1) is 14.3. The minimum absolute atomic E-state index is 0.100. The molecule has 0 saturated heterocycles. The Hall–Kier alpha value is -1.90. The Morgan fingerprint density at radius 2 is 1.79 bits per heavy atom. The van der Waals surface area contributed by atoms with Gasteiger partial charge in [-0.05, 0) is 63.4 Å². The van der Waals surface area contributed by atoms with Crippen LogP contribution in [-0.4, -0.2) is 11.0 Å². The second kappa shape index (κ2) is 16.0. The number of rotatable bonds is 16. The van der Waals surface area contributed by atoms with E-state index in [-0.39, 0.29) is 5.97 Å². The number of hydrogen-bond acceptors (Lipinski definition) is 3. The van der Waals surface area contributed by atoms with Crippen LogP contribution in [0.5, 0.6) is 0 Å². The number of pyridine rings is 1. The molecule has 29 heavy (non-hydrogen) atoms. The van der Waals surface area contributed by atoms with Crippen molar-refractivity contribution in [2.75, 3.05) is 0 Å². The molecule has 0 radical (unpaired) electrons. The zero-order valence-electron chi connectivity index (χ0n) is 18.1. The lowest BCUT2D eigenvalue weighted by Gasteiger charge is -2.05. The van der Waals surface area contributed by atoms with Gasteiger partial charge in [0.2, 0.25) is 0 Å². The van der Waals surface area contributed by atoms with Gasteiger partial charge in [0, 0.05) is 24.4 Å². The van der Waals surface area contributed by atoms with Gasteiger partial charge in [0.15, 0.2) is 0 Å². The van der Waals surface area contributed by atoms with Gasteiger partial charge in [-0.2, -0.15) is 0 Å². The van der Waals surface area contributed by atoms with E-state index in [4.69, 9.17) is 4.74 Å². The second-order valence-electron chi connectivity index (χ2n) is 8.20. The zero-order valence-corrected chi connectivity index (χ0v) is 18.1. The van der Waals surface area contributed by atoms with E-state index in [1.807, 2.05) is 12.1 Å². The smallest absolute Gasteiger partial charge is 0.306 e. The molecular weight excluding hydrogens is 358 g/mol. The van der Waals surface area contributed by atoms with Crippen LogP contribution in [0, 0.1) is 5.92 Å². The van der Waals surface area contributed by atoms with Crippen molar-refractivity contribution >= 4 is 5.97 Å². The minimum Gasteiger partial charge on any atom is -0.461 e. The van der Waals surface area contributed by atoms with E-state index in [1.165, 1.54) is 70.6 Å². The standard InChI is InChI=1S/C26H39NO2/c28-26(29-23-25-19-15-21-27-22-25)20-12-10-8-6-4-2-1-3-5-7-9-11-16-24-17-13-14-18-24/h1,3,13,15,17,19,21-22,24H,2,4-12,14,16,18,20,23H2/b3-1-. The molecule has 0 aliphatic heterocycles. The number of esters is 1. The summed E-state index contributed by atoms with van der Waals surface area (Å²) < 4.78 is 5.27. The summed E-state index contributed by atoms with van der Waals surface area (Å²) in [5.74, 6) is 0.777. The molecule has 1 unspecified atom stereocenters. The normalized spacial score (nSPS) is 15.9. The fraction of sp³-hybridized carbons (Fsp3) is 0.615. The highest BCUT2D eigenvalue weighted by Gasteiger charge is 2.07. The fourth-order valence-electron chi connectivity index (χ4n) is 3.80. The Morgan fingerprint density at radius 1 is 1.03 bits per heavy atom. The zero-order chi connectivity index (χ0) is 20.4. The highest BCUT2D eigenvalue weighted by molar-refractivity contribution is 5.69. The highest BCUT2D eigenvalue weighted by atomic mass is 16.5. The maximum atomic E-state index is 11.7. The van der Waals surface area contributed by atoms with Crippen molar-refractivity contribution in [3.63, 3.8) is 0 Å². The minimum atomic E-state index is -0.100. The van der Waals surface area contributed by atoms with Crippen LogP contribution >= 0.6 is 0 Å². The number of carbonyl (C=O) groups is 1. The number of aromatic nitrogens is 1. The fourth-order valence-corrected chi connectivity index (χ4v) is 3.80. The molecule has 1 atom stereocenters. The van der Waals surface area contributed by atoms with Gasteiger partial charge in [-0.1, -0.05) is 62.5 Å². The Balaban J connectivity index is 1.30. The van der Waals surface area contributed by atoms with E-state index in [0.29, 0.717) is 13.0 Å². The monoisotopic (exact) mass is 397 g/mol. The van der Waals surface area contributed by atoms with E-state index < -0.39 is 0 Å². The molecule has 0 aromatic carbocycles. The number of nitrogens with zero attached hydrogens (tertiary/aromatic N) is 1. The van der Waals surface area contributed by atoms with Gasteiger partial charge in [0.25, 0.3) is 0 Å². The van der Waals surface area contributed by atoms with Crippen LogP contribution in [0.15, 0.2) is 48.8 Å². The Labute approximate surface area is 177 Å². The lowest BCUT2D eigenvalue weighted by molar-refractivity contribution is -0.145. The predicted molar refractivity (Wildman–Crippen MR) is 120 cm³/mol. The van der Waals surface area contributed by atoms with Crippen molar-refractivity contribution < 1.29 is 9.53 Å². The van der Waals surface area contributed by atoms with Gasteiger partial charge in [0.05, 0.1) is 0 Å². The van der Waals surface area contributed by atoms with Crippen LogP contribution in [0.4, 0.5) is 0 Å². The van der Waals surface area contributed by atoms with Crippen LogP contribution in [0.2, 0.25) is 0 Å². The molecule has 160 valence electrons. The van der Waals surface area contributed by atoms with Crippen LogP contribution in [0.25, 0.3) is 0 Å². The molecule has 2 rings (SSSR count). The lowest BCUT2D eigenvalue weighted by atomic mass is 10.0. The summed E-state index contributed by atoms with van der Waals surface area (Å²) in [4.78, 5) is 15.7. The molecule has 0 fully saturated rings. The van der Waals surface area contributed by atoms with Gasteiger partial charge in [0.1, 0.15) is 6.61 Å². The molecule has 1 aromatic rings. The van der Waals surface area contributed by atoms with Crippen molar-refractivity contribution in [2.45, 2.75) is 96.5 Å². The average molecular weight is 398 g/mol. The van der Waals surface area contributed by atoms with E-state index in [0.717, 1.165) is 24.3 Å². The quantitative estimate of drug-likeness (QED) is 0.166. The summed E-state index contributed by atoms with van der Waals surface area (Å²) in [7, 11) is 0. The van der Waals surface area contributed by atoms with Crippen molar-refractivity contribution in [1.29, 1.82) is 0 Å². The molecule has 1 aliphatic rings. The van der Waals surface area contributed by atoms with E-state index in [1.54, 1.807) is 12.4 Å². The molecular formula is C26H39NO2. The first kappa shape index (κ1) is 23.4. The Kier molecular flexibility index (Phi) is 12.9. The third-order valence-electron chi connectivity index (χ3n) is 5.60. The van der Waals surface area contributed by atoms with Crippen molar-refractivity contribution in [3.05, 3.63) is 54.4 Å². The molecule has 1 aliphatic carbocycles. The van der Waals surface area contributed by atoms with Gasteiger partial charge in [-0.3, -0.25) is 9.78 Å². The van der Waals surface area contributed by atoms with E-state index >= 15 is 0 Å². The number of hydrogen-bond donors (Lipinski definition) is 0. The summed E-state index contributed by atoms with van der Waals surface area (Å²) in [6.45, 7) is 0.330. The molecule has 3 heteroatoms. The first-order valence-corrected chi connectivity index (χ1v) is 11.7. The molecule has 1 aromatic heterocycles. The maximum Gasteiger partial charge on any atom is 0.306 e. The summed E-state index contributed by atoms with van der Waals surface area (Å²) >= 11 is 0. The predicted octanol–water partition coefficient (Wildman–Crippen LogP) is 7.33. The maximum absolute atomic E-state index is 11.7. The van der Waals surface area contributed by atoms with Crippen LogP contribution < -0.4 is 0 Å². The highest BCUT2D eigenvalue weighted by Crippen LogP contribution is 2.23. The molecule has 0 saturated carbocycles. The lowest BCUT2D eigenvalue weighted by Crippen LogP contribution is -2.04. The molecule has 0 bridgehead atoms. The second-order valence-corrected chi connectivity index (χ2v) is 8.20. The Morgan fingerprint density at radius 3 is 2.52 bits per heavy atom. The average Bonchev–Trinajstić information content (AvgIpc) is 3.27. The van der Waals surface area contributed by atoms with Gasteiger partial charge < -0.3 is 4.74 Å². The SMILES string of the molecule is O=C(CCCCCCC/C=C\CCCCCC1C=CCC1)OCc1cccnc1. The van der Waals surface area contributed by atoms with Crippen LogP contribution in [-0.2, 0) is 16.1 Å². The number of ether oxygens (including phenoxy) is 1. The van der Waals surface area contributed by atoms with Gasteiger partial charge >= 0.3 is 5.97 Å². The third-order valence-corrected chi connectivity index (χ3v) is 5.60. The van der Waals surface area contributed by atoms with Crippen molar-refractivity contribution in [1.82, 2.24) is 4.98 Å². The van der Waals surface area contributed by atoms with Crippen molar-refractivity contribution in [2.24, 2.45) is 5.92 Å². The molecule has 1 heterocycles. The molecule has 0 amide bonds. The topological polar surface area (TPSA) is 39.2 Å². The Bertz CT molecular complexity index is 594. The van der Waals surface area contributed by atoms with Crippen LogP contribution in [0.1, 0.15) is 95.5 Å². The summed E-state index contributed by atoms with van der Waals surface area (Å²) in [6.07, 6.45) is 29.8. The van der Waals surface area contributed by atoms with E-state index in [2.05, 4.69) is 29.3 Å². The summed E-state index contributed by atoms with van der Waals surface area (Å²) in [5.41, 5.74) is 0.940. The largest absolute Gasteiger partial charge is 0.461 e. The molecule has 0 spiro atoms. The van der Waals surface area contributed by atoms with Crippen LogP contribution in [0.3, 0.4) is 0 Å². The van der Waals surface area contributed by atoms with Crippen molar-refractivity contribution in [3.8, 4) is 0 Å². The molecule has 0 N–H and O–H groups in total. The molecule has 3 nitrogen and oxygen atoms in total. The number of carbonyl (C=O) groups excluding carboxylic acids is 1. The van der Waals surface area contributed by atoms with Gasteiger partial charge in [-0.15, -0.1) is 0 Å². The van der Waals surface area contributed by atoms with E-state index in [9.17, 15) is 4.79 Å². The summed E-state index contributed by atoms with van der Waals surface area (Å²) in [6, 6.07) is 3.78. The van der Waals surface area contributed by atoms with Gasteiger partial charge in [-0.25, -0.2) is 0 Å². The first-order valence-electron chi connectivity index (χ1n) is 11.7. The number of allylic oxidation sites excluding steroid dienone is 4. The number of unbranched alkanes of at least 4 members (excludes halogenated alkanes) is 8.